The van der Waals surface area contributed by atoms with E-state index >= 15 is 0 Å². The highest BCUT2D eigenvalue weighted by Gasteiger charge is 2.26. The monoisotopic (exact) mass is 326 g/mol. The molecule has 2 aromatic carbocycles. The molecule has 0 spiro atoms. The largest absolute Gasteiger partial charge is 0.486 e. The van der Waals surface area contributed by atoms with E-state index in [0.29, 0.717) is 12.8 Å². The molecule has 0 aliphatic carbocycles. The number of para-hydroxylation sites is 1. The van der Waals surface area contributed by atoms with Gasteiger partial charge in [-0.05, 0) is 37.0 Å². The van der Waals surface area contributed by atoms with Crippen LogP contribution in [0.5, 0.6) is 5.75 Å². The highest BCUT2D eigenvalue weighted by Crippen LogP contribution is 2.20. The number of ether oxygens (including phenoxy) is 2. The Morgan fingerprint density at radius 3 is 2.08 bits per heavy atom. The smallest absolute Gasteiger partial charge is 0.306 e. The van der Waals surface area contributed by atoms with Crippen molar-refractivity contribution in [2.75, 3.05) is 0 Å². The quantitative estimate of drug-likeness (QED) is 0.662. The summed E-state index contributed by atoms with van der Waals surface area (Å²) in [6.07, 6.45) is 0.601. The Hall–Kier alpha value is -2.29. The van der Waals surface area contributed by atoms with Crippen LogP contribution in [-0.4, -0.2) is 18.2 Å². The fourth-order valence-corrected chi connectivity index (χ4v) is 2.65. The molecule has 0 N–H and O–H groups in total. The van der Waals surface area contributed by atoms with Crippen LogP contribution < -0.4 is 4.74 Å². The third-order valence-corrected chi connectivity index (χ3v) is 3.91. The van der Waals surface area contributed by atoms with Crippen molar-refractivity contribution in [1.29, 1.82) is 0 Å². The van der Waals surface area contributed by atoms with Crippen molar-refractivity contribution in [3.05, 3.63) is 66.2 Å². The Morgan fingerprint density at radius 2 is 1.50 bits per heavy atom. The van der Waals surface area contributed by atoms with Gasteiger partial charge in [0.1, 0.15) is 18.0 Å². The molecule has 3 nitrogen and oxygen atoms in total. The van der Waals surface area contributed by atoms with Crippen molar-refractivity contribution in [3.8, 4) is 5.75 Å². The van der Waals surface area contributed by atoms with Gasteiger partial charge < -0.3 is 9.47 Å². The number of benzene rings is 2. The van der Waals surface area contributed by atoms with E-state index in [1.165, 1.54) is 0 Å². The predicted octanol–water partition coefficient (Wildman–Crippen LogP) is 4.65. The van der Waals surface area contributed by atoms with Gasteiger partial charge in [-0.25, -0.2) is 0 Å². The Morgan fingerprint density at radius 1 is 0.917 bits per heavy atom. The Labute approximate surface area is 144 Å². The zero-order chi connectivity index (χ0) is 17.4. The van der Waals surface area contributed by atoms with Gasteiger partial charge in [0, 0.05) is 6.42 Å². The SMILES string of the molecule is CC(C)[C@@H](Oc1ccccc1)C(C)OC(=O)CCc1ccccc1. The minimum absolute atomic E-state index is 0.173. The van der Waals surface area contributed by atoms with Crippen molar-refractivity contribution in [2.45, 2.75) is 45.8 Å². The molecule has 0 aliphatic rings. The molecule has 0 fully saturated rings. The molecule has 0 saturated carbocycles. The second-order valence-electron chi connectivity index (χ2n) is 6.32. The summed E-state index contributed by atoms with van der Waals surface area (Å²) in [6.45, 7) is 6.04. The van der Waals surface area contributed by atoms with E-state index in [-0.39, 0.29) is 24.1 Å². The van der Waals surface area contributed by atoms with Crippen LogP contribution in [0, 0.1) is 5.92 Å². The lowest BCUT2D eigenvalue weighted by atomic mass is 10.0. The number of hydrogen-bond acceptors (Lipinski definition) is 3. The van der Waals surface area contributed by atoms with Gasteiger partial charge in [-0.2, -0.15) is 0 Å². The summed E-state index contributed by atoms with van der Waals surface area (Å²) >= 11 is 0. The number of aryl methyl sites for hydroxylation is 1. The van der Waals surface area contributed by atoms with E-state index in [1.807, 2.05) is 67.6 Å². The molecule has 24 heavy (non-hydrogen) atoms. The number of carbonyl (C=O) groups excluding carboxylic acids is 1. The molecule has 0 bridgehead atoms. The van der Waals surface area contributed by atoms with Crippen LogP contribution in [0.15, 0.2) is 60.7 Å². The number of esters is 1. The molecule has 3 heteroatoms. The lowest BCUT2D eigenvalue weighted by Gasteiger charge is -2.28. The Bertz CT molecular complexity index is 607. The van der Waals surface area contributed by atoms with Gasteiger partial charge in [0.25, 0.3) is 0 Å². The van der Waals surface area contributed by atoms with Gasteiger partial charge in [-0.1, -0.05) is 62.4 Å². The highest BCUT2D eigenvalue weighted by molar-refractivity contribution is 5.70. The molecule has 0 heterocycles. The van der Waals surface area contributed by atoms with Gasteiger partial charge >= 0.3 is 5.97 Å². The molecule has 2 rings (SSSR count). The summed E-state index contributed by atoms with van der Waals surface area (Å²) < 4.78 is 11.6. The second-order valence-corrected chi connectivity index (χ2v) is 6.32. The summed E-state index contributed by atoms with van der Waals surface area (Å²) in [4.78, 5) is 12.1. The molecule has 0 aromatic heterocycles. The van der Waals surface area contributed by atoms with Crippen molar-refractivity contribution in [1.82, 2.24) is 0 Å². The van der Waals surface area contributed by atoms with Crippen LogP contribution >= 0.6 is 0 Å². The second kappa shape index (κ2) is 9.11. The molecule has 0 aliphatic heterocycles. The summed E-state index contributed by atoms with van der Waals surface area (Å²) in [5.41, 5.74) is 1.14. The fraction of sp³-hybridized carbons (Fsp3) is 0.381. The minimum Gasteiger partial charge on any atom is -0.486 e. The van der Waals surface area contributed by atoms with Gasteiger partial charge in [0.15, 0.2) is 0 Å². The third kappa shape index (κ3) is 5.73. The number of hydrogen-bond donors (Lipinski definition) is 0. The first kappa shape index (κ1) is 18.1. The average molecular weight is 326 g/mol. The van der Waals surface area contributed by atoms with E-state index in [2.05, 4.69) is 13.8 Å². The summed E-state index contributed by atoms with van der Waals surface area (Å²) in [5.74, 6) is 0.846. The molecule has 128 valence electrons. The van der Waals surface area contributed by atoms with Gasteiger partial charge in [0.05, 0.1) is 0 Å². The lowest BCUT2D eigenvalue weighted by molar-refractivity contribution is -0.153. The Kier molecular flexibility index (Phi) is 6.86. The molecule has 0 radical (unpaired) electrons. The van der Waals surface area contributed by atoms with E-state index < -0.39 is 0 Å². The third-order valence-electron chi connectivity index (χ3n) is 3.91. The zero-order valence-corrected chi connectivity index (χ0v) is 14.6. The van der Waals surface area contributed by atoms with Crippen LogP contribution in [0.25, 0.3) is 0 Å². The fourth-order valence-electron chi connectivity index (χ4n) is 2.65. The molecule has 0 saturated heterocycles. The predicted molar refractivity (Wildman–Crippen MR) is 96.0 cm³/mol. The van der Waals surface area contributed by atoms with Crippen LogP contribution in [0.1, 0.15) is 32.8 Å². The molecule has 1 unspecified atom stereocenters. The van der Waals surface area contributed by atoms with Crippen molar-refractivity contribution in [3.63, 3.8) is 0 Å². The average Bonchev–Trinajstić information content (AvgIpc) is 2.59. The van der Waals surface area contributed by atoms with Gasteiger partial charge in [-0.3, -0.25) is 4.79 Å². The first-order valence-electron chi connectivity index (χ1n) is 8.51. The minimum atomic E-state index is -0.298. The lowest BCUT2D eigenvalue weighted by Crippen LogP contribution is -2.37. The summed E-state index contributed by atoms with van der Waals surface area (Å²) in [5, 5.41) is 0. The van der Waals surface area contributed by atoms with E-state index in [1.54, 1.807) is 0 Å². The molecular formula is C21H26O3. The van der Waals surface area contributed by atoms with E-state index in [9.17, 15) is 4.79 Å². The Balaban J connectivity index is 1.87. The number of rotatable bonds is 8. The van der Waals surface area contributed by atoms with Crippen molar-refractivity contribution in [2.24, 2.45) is 5.92 Å². The number of carbonyl (C=O) groups is 1. The van der Waals surface area contributed by atoms with Crippen molar-refractivity contribution >= 4 is 5.97 Å². The summed E-state index contributed by atoms with van der Waals surface area (Å²) in [6, 6.07) is 19.6. The van der Waals surface area contributed by atoms with Crippen LogP contribution in [-0.2, 0) is 16.0 Å². The maximum absolute atomic E-state index is 12.1. The molecule has 2 atom stereocenters. The molecule has 2 aromatic rings. The van der Waals surface area contributed by atoms with Gasteiger partial charge in [0.2, 0.25) is 0 Å². The van der Waals surface area contributed by atoms with Crippen LogP contribution in [0.4, 0.5) is 0 Å². The maximum atomic E-state index is 12.1. The maximum Gasteiger partial charge on any atom is 0.306 e. The summed E-state index contributed by atoms with van der Waals surface area (Å²) in [7, 11) is 0. The topological polar surface area (TPSA) is 35.5 Å². The molecule has 0 amide bonds. The van der Waals surface area contributed by atoms with Crippen LogP contribution in [0.3, 0.4) is 0 Å². The zero-order valence-electron chi connectivity index (χ0n) is 14.6. The molecular weight excluding hydrogens is 300 g/mol. The van der Waals surface area contributed by atoms with Crippen LogP contribution in [0.2, 0.25) is 0 Å². The highest BCUT2D eigenvalue weighted by atomic mass is 16.6. The van der Waals surface area contributed by atoms with E-state index in [4.69, 9.17) is 9.47 Å². The van der Waals surface area contributed by atoms with Crippen molar-refractivity contribution < 1.29 is 14.3 Å². The van der Waals surface area contributed by atoms with Gasteiger partial charge in [-0.15, -0.1) is 0 Å². The standard InChI is InChI=1S/C21H26O3/c1-16(2)21(24-19-12-8-5-9-13-19)17(3)23-20(22)15-14-18-10-6-4-7-11-18/h4-13,16-17,21H,14-15H2,1-3H3/t17?,21-/m1/s1. The first-order chi connectivity index (χ1) is 11.6. The normalized spacial score (nSPS) is 13.3. The van der Waals surface area contributed by atoms with E-state index in [0.717, 1.165) is 11.3 Å². The first-order valence-corrected chi connectivity index (χ1v) is 8.51.